The van der Waals surface area contributed by atoms with E-state index in [0.717, 1.165) is 16.8 Å². The van der Waals surface area contributed by atoms with Gasteiger partial charge in [-0.05, 0) is 23.8 Å². The van der Waals surface area contributed by atoms with Gasteiger partial charge >= 0.3 is 0 Å². The molecule has 0 saturated heterocycles. The maximum absolute atomic E-state index is 10.3. The van der Waals surface area contributed by atoms with E-state index in [0.29, 0.717) is 17.9 Å². The molecule has 4 nitrogen and oxygen atoms in total. The number of methoxy groups -OCH3 is 2. The van der Waals surface area contributed by atoms with E-state index < -0.39 is 6.10 Å². The van der Waals surface area contributed by atoms with Crippen molar-refractivity contribution in [2.75, 3.05) is 19.5 Å². The van der Waals surface area contributed by atoms with Crippen LogP contribution in [0.5, 0.6) is 11.5 Å². The Morgan fingerprint density at radius 1 is 1.05 bits per heavy atom. The predicted octanol–water partition coefficient (Wildman–Crippen LogP) is 3.29. The summed E-state index contributed by atoms with van der Waals surface area (Å²) in [5.41, 5.74) is 3.01. The van der Waals surface area contributed by atoms with Crippen molar-refractivity contribution >= 4 is 5.69 Å². The molecule has 0 amide bonds. The van der Waals surface area contributed by atoms with Gasteiger partial charge in [0.15, 0.2) is 11.5 Å². The quantitative estimate of drug-likeness (QED) is 0.908. The number of nitrogens with one attached hydrogen (secondary N) is 1. The largest absolute Gasteiger partial charge is 0.493 e. The molecule has 2 aromatic carbocycles. The van der Waals surface area contributed by atoms with Crippen molar-refractivity contribution in [3.05, 3.63) is 53.6 Å². The van der Waals surface area contributed by atoms with Crippen LogP contribution in [0.25, 0.3) is 0 Å². The third-order valence-electron chi connectivity index (χ3n) is 3.92. The Morgan fingerprint density at radius 2 is 1.81 bits per heavy atom. The van der Waals surface area contributed by atoms with Crippen molar-refractivity contribution in [2.24, 2.45) is 0 Å². The minimum atomic E-state index is -0.458. The van der Waals surface area contributed by atoms with Crippen LogP contribution in [-0.2, 0) is 0 Å². The Hall–Kier alpha value is -2.20. The van der Waals surface area contributed by atoms with Crippen LogP contribution in [0, 0.1) is 0 Å². The molecule has 0 radical (unpaired) electrons. The Bertz CT molecular complexity index is 642. The van der Waals surface area contributed by atoms with Crippen LogP contribution in [0.2, 0.25) is 0 Å². The van der Waals surface area contributed by atoms with Gasteiger partial charge in [-0.3, -0.25) is 0 Å². The third-order valence-corrected chi connectivity index (χ3v) is 3.92. The number of rotatable bonds is 3. The van der Waals surface area contributed by atoms with Gasteiger partial charge < -0.3 is 19.9 Å². The molecule has 0 unspecified atom stereocenters. The molecule has 110 valence electrons. The Kier molecular flexibility index (Phi) is 3.71. The second-order valence-electron chi connectivity index (χ2n) is 5.15. The molecule has 1 heterocycles. The van der Waals surface area contributed by atoms with E-state index in [1.54, 1.807) is 14.2 Å². The monoisotopic (exact) mass is 285 g/mol. The zero-order valence-corrected chi connectivity index (χ0v) is 12.2. The third kappa shape index (κ3) is 2.54. The Balaban J connectivity index is 1.92. The highest BCUT2D eigenvalue weighted by molar-refractivity contribution is 5.57. The highest BCUT2D eigenvalue weighted by atomic mass is 16.5. The van der Waals surface area contributed by atoms with E-state index in [1.807, 2.05) is 42.5 Å². The number of benzene rings is 2. The summed E-state index contributed by atoms with van der Waals surface area (Å²) in [5.74, 6) is 1.41. The molecular formula is C17H19NO3. The number of aliphatic hydroxyl groups is 1. The first-order valence-electron chi connectivity index (χ1n) is 6.98. The maximum atomic E-state index is 10.3. The molecule has 4 heteroatoms. The maximum Gasteiger partial charge on any atom is 0.161 e. The number of hydrogen-bond acceptors (Lipinski definition) is 4. The van der Waals surface area contributed by atoms with Crippen LogP contribution in [0.15, 0.2) is 42.5 Å². The number of fused-ring (bicyclic) bond motifs is 1. The van der Waals surface area contributed by atoms with Gasteiger partial charge in [0.2, 0.25) is 0 Å². The lowest BCUT2D eigenvalue weighted by Crippen LogP contribution is -2.21. The van der Waals surface area contributed by atoms with Gasteiger partial charge in [0.1, 0.15) is 0 Å². The number of hydrogen-bond donors (Lipinski definition) is 2. The number of ether oxygens (including phenoxy) is 2. The zero-order valence-electron chi connectivity index (χ0n) is 12.2. The summed E-state index contributed by atoms with van der Waals surface area (Å²) in [6, 6.07) is 13.8. The SMILES string of the molecule is COc1ccc([C@H]2C[C@@H](O)c3ccccc3N2)cc1OC. The van der Waals surface area contributed by atoms with E-state index in [2.05, 4.69) is 5.32 Å². The van der Waals surface area contributed by atoms with Crippen LogP contribution >= 0.6 is 0 Å². The normalized spacial score (nSPS) is 20.3. The summed E-state index contributed by atoms with van der Waals surface area (Å²) in [7, 11) is 3.25. The second-order valence-corrected chi connectivity index (χ2v) is 5.15. The first-order chi connectivity index (χ1) is 10.2. The van der Waals surface area contributed by atoms with Crippen molar-refractivity contribution in [3.8, 4) is 11.5 Å². The summed E-state index contributed by atoms with van der Waals surface area (Å²) >= 11 is 0. The summed E-state index contributed by atoms with van der Waals surface area (Å²) in [6.45, 7) is 0. The topological polar surface area (TPSA) is 50.7 Å². The van der Waals surface area contributed by atoms with Gasteiger partial charge in [-0.1, -0.05) is 24.3 Å². The van der Waals surface area contributed by atoms with Gasteiger partial charge in [-0.2, -0.15) is 0 Å². The summed E-state index contributed by atoms with van der Waals surface area (Å²) in [4.78, 5) is 0. The highest BCUT2D eigenvalue weighted by Gasteiger charge is 2.26. The molecule has 3 rings (SSSR count). The molecule has 0 bridgehead atoms. The van der Waals surface area contributed by atoms with Gasteiger partial charge in [-0.25, -0.2) is 0 Å². The van der Waals surface area contributed by atoms with Crippen molar-refractivity contribution in [2.45, 2.75) is 18.6 Å². The van der Waals surface area contributed by atoms with Crippen molar-refractivity contribution < 1.29 is 14.6 Å². The molecule has 1 aliphatic heterocycles. The van der Waals surface area contributed by atoms with E-state index in [9.17, 15) is 5.11 Å². The molecule has 1 aliphatic rings. The van der Waals surface area contributed by atoms with E-state index in [-0.39, 0.29) is 6.04 Å². The molecule has 2 N–H and O–H groups in total. The lowest BCUT2D eigenvalue weighted by atomic mass is 9.91. The first-order valence-corrected chi connectivity index (χ1v) is 6.98. The van der Waals surface area contributed by atoms with Gasteiger partial charge in [0, 0.05) is 17.7 Å². The number of anilines is 1. The molecule has 21 heavy (non-hydrogen) atoms. The molecule has 2 atom stereocenters. The van der Waals surface area contributed by atoms with Crippen LogP contribution < -0.4 is 14.8 Å². The second kappa shape index (κ2) is 5.66. The fourth-order valence-electron chi connectivity index (χ4n) is 2.80. The van der Waals surface area contributed by atoms with Crippen LogP contribution in [0.4, 0.5) is 5.69 Å². The average molecular weight is 285 g/mol. The number of para-hydroxylation sites is 1. The lowest BCUT2D eigenvalue weighted by Gasteiger charge is -2.31. The van der Waals surface area contributed by atoms with E-state index in [1.165, 1.54) is 0 Å². The van der Waals surface area contributed by atoms with Crippen LogP contribution in [0.1, 0.15) is 29.7 Å². The van der Waals surface area contributed by atoms with E-state index in [4.69, 9.17) is 9.47 Å². The van der Waals surface area contributed by atoms with Crippen LogP contribution in [-0.4, -0.2) is 19.3 Å². The fourth-order valence-corrected chi connectivity index (χ4v) is 2.80. The van der Waals surface area contributed by atoms with Crippen LogP contribution in [0.3, 0.4) is 0 Å². The molecule has 0 saturated carbocycles. The van der Waals surface area contributed by atoms with Gasteiger partial charge in [-0.15, -0.1) is 0 Å². The van der Waals surface area contributed by atoms with E-state index >= 15 is 0 Å². The zero-order chi connectivity index (χ0) is 14.8. The molecule has 0 aliphatic carbocycles. The minimum Gasteiger partial charge on any atom is -0.493 e. The summed E-state index contributed by atoms with van der Waals surface area (Å²) in [5, 5.41) is 13.8. The Morgan fingerprint density at radius 3 is 2.57 bits per heavy atom. The van der Waals surface area contributed by atoms with Crippen molar-refractivity contribution in [3.63, 3.8) is 0 Å². The molecule has 0 spiro atoms. The molecule has 2 aromatic rings. The first kappa shape index (κ1) is 13.8. The minimum absolute atomic E-state index is 0.0507. The molecule has 0 aromatic heterocycles. The molecule has 0 fully saturated rings. The summed E-state index contributed by atoms with van der Waals surface area (Å²) in [6.07, 6.45) is 0.174. The standard InChI is InChI=1S/C17H19NO3/c1-20-16-8-7-11(9-17(16)21-2)14-10-15(19)12-5-3-4-6-13(12)18-14/h3-9,14-15,18-19H,10H2,1-2H3/t14-,15-/m1/s1. The Labute approximate surface area is 124 Å². The van der Waals surface area contributed by atoms with Gasteiger partial charge in [0.05, 0.1) is 26.4 Å². The smallest absolute Gasteiger partial charge is 0.161 e. The molecular weight excluding hydrogens is 266 g/mol. The van der Waals surface area contributed by atoms with Crippen molar-refractivity contribution in [1.82, 2.24) is 0 Å². The van der Waals surface area contributed by atoms with Crippen molar-refractivity contribution in [1.29, 1.82) is 0 Å². The van der Waals surface area contributed by atoms with Gasteiger partial charge in [0.25, 0.3) is 0 Å². The average Bonchev–Trinajstić information content (AvgIpc) is 2.54. The number of aliphatic hydroxyl groups excluding tert-OH is 1. The fraction of sp³-hybridized carbons (Fsp3) is 0.294. The predicted molar refractivity (Wildman–Crippen MR) is 81.9 cm³/mol. The lowest BCUT2D eigenvalue weighted by molar-refractivity contribution is 0.156. The summed E-state index contributed by atoms with van der Waals surface area (Å²) < 4.78 is 10.6. The highest BCUT2D eigenvalue weighted by Crippen LogP contribution is 2.40.